The Labute approximate surface area is 178 Å². The molecule has 2 heteroatoms. The normalized spacial score (nSPS) is 14.5. The summed E-state index contributed by atoms with van der Waals surface area (Å²) in [6, 6.07) is 6.22. The van der Waals surface area contributed by atoms with Gasteiger partial charge in [-0.2, -0.15) is 0 Å². The third-order valence-corrected chi connectivity index (χ3v) is 5.71. The van der Waals surface area contributed by atoms with Crippen molar-refractivity contribution in [3.63, 3.8) is 0 Å². The van der Waals surface area contributed by atoms with Gasteiger partial charge in [-0.05, 0) is 68.2 Å². The van der Waals surface area contributed by atoms with Crippen LogP contribution in [-0.4, -0.2) is 5.71 Å². The number of nitrogens with zero attached hydrogens (tertiary/aromatic N) is 1. The van der Waals surface area contributed by atoms with Gasteiger partial charge in [-0.1, -0.05) is 71.6 Å². The van der Waals surface area contributed by atoms with Crippen molar-refractivity contribution < 1.29 is 4.74 Å². The second-order valence-electron chi connectivity index (χ2n) is 8.10. The summed E-state index contributed by atoms with van der Waals surface area (Å²) in [4.78, 5) is 4.80. The molecule has 0 amide bonds. The van der Waals surface area contributed by atoms with Crippen molar-refractivity contribution in [3.05, 3.63) is 65.6 Å². The summed E-state index contributed by atoms with van der Waals surface area (Å²) in [6.07, 6.45) is 5.86. The number of ether oxygens (including phenoxy) is 1. The first-order valence-corrected chi connectivity index (χ1v) is 10.7. The average Bonchev–Trinajstić information content (AvgIpc) is 2.71. The van der Waals surface area contributed by atoms with E-state index in [1.807, 2.05) is 25.1 Å². The summed E-state index contributed by atoms with van der Waals surface area (Å²) < 4.78 is 6.42. The number of rotatable bonds is 10. The lowest BCUT2D eigenvalue weighted by Crippen LogP contribution is -2.06. The second kappa shape index (κ2) is 11.6. The van der Waals surface area contributed by atoms with Crippen molar-refractivity contribution in [2.45, 2.75) is 68.2 Å². The lowest BCUT2D eigenvalue weighted by Gasteiger charge is -2.17. The first-order valence-electron chi connectivity index (χ1n) is 10.7. The minimum atomic E-state index is 0.349. The van der Waals surface area contributed by atoms with Crippen molar-refractivity contribution in [1.82, 2.24) is 0 Å². The van der Waals surface area contributed by atoms with E-state index in [-0.39, 0.29) is 0 Å². The van der Waals surface area contributed by atoms with Crippen LogP contribution in [0, 0.1) is 11.8 Å². The van der Waals surface area contributed by atoms with Crippen molar-refractivity contribution in [2.75, 3.05) is 0 Å². The maximum atomic E-state index is 6.42. The third kappa shape index (κ3) is 7.20. The maximum absolute atomic E-state index is 6.42. The molecule has 0 bridgehead atoms. The van der Waals surface area contributed by atoms with E-state index >= 15 is 0 Å². The molecule has 0 saturated heterocycles. The average molecular weight is 394 g/mol. The van der Waals surface area contributed by atoms with E-state index in [4.69, 9.17) is 9.73 Å². The fraction of sp³-hybridized carbons (Fsp3) is 0.444. The molecule has 1 atom stereocenters. The van der Waals surface area contributed by atoms with Crippen molar-refractivity contribution in [3.8, 4) is 5.75 Å². The van der Waals surface area contributed by atoms with Gasteiger partial charge in [0.2, 0.25) is 5.88 Å². The molecule has 1 aromatic rings. The number of allylic oxidation sites excluding steroid dienone is 4. The Balaban J connectivity index is 3.55. The predicted molar refractivity (Wildman–Crippen MR) is 130 cm³/mol. The zero-order valence-electron chi connectivity index (χ0n) is 19.7. The maximum Gasteiger partial charge on any atom is 0.219 e. The Kier molecular flexibility index (Phi) is 9.88. The molecule has 158 valence electrons. The fourth-order valence-electron chi connectivity index (χ4n) is 2.62. The molecular formula is C27H39NO. The Morgan fingerprint density at radius 2 is 1.79 bits per heavy atom. The largest absolute Gasteiger partial charge is 0.438 e. The van der Waals surface area contributed by atoms with Crippen LogP contribution in [0.5, 0.6) is 5.75 Å². The topological polar surface area (TPSA) is 21.6 Å². The number of hydrogen-bond donors (Lipinski definition) is 0. The van der Waals surface area contributed by atoms with Crippen LogP contribution in [0.4, 0.5) is 0 Å². The number of aliphatic imine (C=N–C) groups is 1. The Morgan fingerprint density at radius 3 is 2.31 bits per heavy atom. The van der Waals surface area contributed by atoms with E-state index in [0.29, 0.717) is 17.7 Å². The van der Waals surface area contributed by atoms with Crippen molar-refractivity contribution in [2.24, 2.45) is 16.8 Å². The Hall–Kier alpha value is -2.35. The molecule has 0 spiro atoms. The molecule has 0 radical (unpaired) electrons. The highest BCUT2D eigenvalue weighted by Gasteiger charge is 2.13. The first-order chi connectivity index (χ1) is 13.6. The highest BCUT2D eigenvalue weighted by Crippen LogP contribution is 2.32. The van der Waals surface area contributed by atoms with E-state index in [9.17, 15) is 0 Å². The van der Waals surface area contributed by atoms with Gasteiger partial charge in [0.05, 0.1) is 0 Å². The summed E-state index contributed by atoms with van der Waals surface area (Å²) in [6.45, 7) is 25.3. The Bertz CT molecular complexity index is 821. The lowest BCUT2D eigenvalue weighted by molar-refractivity contribution is 0.417. The third-order valence-electron chi connectivity index (χ3n) is 5.71. The predicted octanol–water partition coefficient (Wildman–Crippen LogP) is 8.47. The number of hydrogen-bond acceptors (Lipinski definition) is 2. The van der Waals surface area contributed by atoms with Crippen LogP contribution in [0.2, 0.25) is 0 Å². The summed E-state index contributed by atoms with van der Waals surface area (Å²) in [5, 5.41) is 0. The molecule has 1 rings (SSSR count). The monoisotopic (exact) mass is 393 g/mol. The molecule has 0 aromatic heterocycles. The molecule has 1 aromatic carbocycles. The molecule has 1 unspecified atom stereocenters. The quantitative estimate of drug-likeness (QED) is 0.222. The lowest BCUT2D eigenvalue weighted by atomic mass is 9.98. The zero-order valence-corrected chi connectivity index (χ0v) is 19.7. The van der Waals surface area contributed by atoms with Gasteiger partial charge in [-0.15, -0.1) is 0 Å². The molecule has 0 saturated carbocycles. The standard InChI is InChI=1S/C27H39NO/c1-11-19(6)21(8)16-27(28-23(10)18(4)5)29-26-17-24(13-3)14-15-25(26)22(9)20(7)12-2/h13-19H,3,8,11-12H2,1-2,4-7,9-10H3/b22-20-,27-16+,28-23?. The van der Waals surface area contributed by atoms with Gasteiger partial charge >= 0.3 is 0 Å². The molecular weight excluding hydrogens is 354 g/mol. The summed E-state index contributed by atoms with van der Waals surface area (Å²) in [7, 11) is 0. The van der Waals surface area contributed by atoms with Crippen LogP contribution in [0.25, 0.3) is 11.6 Å². The molecule has 0 fully saturated rings. The van der Waals surface area contributed by atoms with Crippen LogP contribution >= 0.6 is 0 Å². The molecule has 0 N–H and O–H groups in total. The van der Waals surface area contributed by atoms with Gasteiger partial charge in [0.15, 0.2) is 0 Å². The molecule has 0 aliphatic heterocycles. The van der Waals surface area contributed by atoms with E-state index in [0.717, 1.165) is 41.0 Å². The molecule has 0 aliphatic carbocycles. The van der Waals surface area contributed by atoms with Gasteiger partial charge in [0, 0.05) is 17.4 Å². The van der Waals surface area contributed by atoms with Crippen LogP contribution in [0.15, 0.2) is 59.5 Å². The minimum absolute atomic E-state index is 0.349. The van der Waals surface area contributed by atoms with Crippen molar-refractivity contribution >= 4 is 17.4 Å². The SMILES string of the molecule is C=Cc1ccc(/C(C)=C(/C)CC)c(O/C(=C/C(=C)C(C)CC)N=C(C)C(C)C)c1. The van der Waals surface area contributed by atoms with Gasteiger partial charge < -0.3 is 4.74 Å². The van der Waals surface area contributed by atoms with E-state index in [1.54, 1.807) is 0 Å². The number of benzene rings is 1. The fourth-order valence-corrected chi connectivity index (χ4v) is 2.62. The van der Waals surface area contributed by atoms with Gasteiger partial charge in [-0.25, -0.2) is 4.99 Å². The van der Waals surface area contributed by atoms with Crippen LogP contribution in [0.1, 0.15) is 79.4 Å². The second-order valence-corrected chi connectivity index (χ2v) is 8.10. The highest BCUT2D eigenvalue weighted by molar-refractivity contribution is 5.84. The molecule has 2 nitrogen and oxygen atoms in total. The molecule has 0 aliphatic rings. The van der Waals surface area contributed by atoms with Crippen LogP contribution in [-0.2, 0) is 0 Å². The van der Waals surface area contributed by atoms with Gasteiger partial charge in [0.25, 0.3) is 0 Å². The minimum Gasteiger partial charge on any atom is -0.438 e. The Morgan fingerprint density at radius 1 is 1.14 bits per heavy atom. The zero-order chi connectivity index (χ0) is 22.1. The van der Waals surface area contributed by atoms with Gasteiger partial charge in [0.1, 0.15) is 5.75 Å². The summed E-state index contributed by atoms with van der Waals surface area (Å²) in [5.74, 6) is 2.12. The molecule has 0 heterocycles. The summed E-state index contributed by atoms with van der Waals surface area (Å²) >= 11 is 0. The molecule has 29 heavy (non-hydrogen) atoms. The van der Waals surface area contributed by atoms with E-state index in [1.165, 1.54) is 11.1 Å². The van der Waals surface area contributed by atoms with Crippen LogP contribution in [0.3, 0.4) is 0 Å². The van der Waals surface area contributed by atoms with Gasteiger partial charge in [-0.3, -0.25) is 0 Å². The smallest absolute Gasteiger partial charge is 0.219 e. The van der Waals surface area contributed by atoms with Crippen LogP contribution < -0.4 is 4.74 Å². The van der Waals surface area contributed by atoms with E-state index < -0.39 is 0 Å². The first kappa shape index (κ1) is 24.7. The van der Waals surface area contributed by atoms with Crippen molar-refractivity contribution in [1.29, 1.82) is 0 Å². The van der Waals surface area contributed by atoms with E-state index in [2.05, 4.69) is 73.8 Å². The highest BCUT2D eigenvalue weighted by atomic mass is 16.5. The summed E-state index contributed by atoms with van der Waals surface area (Å²) in [5.41, 5.74) is 6.76.